The molecule has 0 fully saturated rings. The predicted octanol–water partition coefficient (Wildman–Crippen LogP) is 17.0. The zero-order valence-corrected chi connectivity index (χ0v) is 35.5. The first-order valence-electron chi connectivity index (χ1n) is 22.3. The maximum absolute atomic E-state index is 2.40. The largest absolute Gasteiger partial charge is 0.310 e. The van der Waals surface area contributed by atoms with Gasteiger partial charge in [-0.15, -0.1) is 0 Å². The number of hydrogen-bond donors (Lipinski definition) is 0. The molecule has 65 heavy (non-hydrogen) atoms. The smallest absolute Gasteiger partial charge is 0.0561 e. The van der Waals surface area contributed by atoms with E-state index in [0.29, 0.717) is 0 Å². The van der Waals surface area contributed by atoms with Crippen LogP contribution in [0.5, 0.6) is 0 Å². The third kappa shape index (κ3) is 6.05. The molecule has 0 spiro atoms. The number of para-hydroxylation sites is 4. The molecule has 304 valence electrons. The molecule has 0 aliphatic heterocycles. The molecule has 3 heteroatoms. The standard InChI is InChI=1S/C62H41N3/c1-3-16-46(17-4-1)64-60-26-14-12-24-55(60)58-39-44(31-38-61(58)64)42-27-32-48(33-28-42)63(50-36-37-56-54-23-11-13-25-59(54)65(62(56)41-50)47-18-5-2-6-19-47)49-34-29-43(30-35-49)57-40-45-15-7-8-20-51(45)52-21-9-10-22-53(52)57/h1-41H. The molecule has 0 bridgehead atoms. The van der Waals surface area contributed by atoms with Gasteiger partial charge >= 0.3 is 0 Å². The van der Waals surface area contributed by atoms with Crippen molar-refractivity contribution in [3.05, 3.63) is 249 Å². The van der Waals surface area contributed by atoms with Gasteiger partial charge in [0.25, 0.3) is 0 Å². The Labute approximate surface area is 376 Å². The molecule has 0 aliphatic rings. The van der Waals surface area contributed by atoms with Gasteiger partial charge in [0.15, 0.2) is 0 Å². The summed E-state index contributed by atoms with van der Waals surface area (Å²) in [6, 6.07) is 90.7. The number of benzene rings is 11. The summed E-state index contributed by atoms with van der Waals surface area (Å²) in [7, 11) is 0. The molecule has 2 heterocycles. The van der Waals surface area contributed by atoms with Crippen molar-refractivity contribution in [2.24, 2.45) is 0 Å². The second kappa shape index (κ2) is 15.0. The monoisotopic (exact) mass is 827 g/mol. The van der Waals surface area contributed by atoms with Crippen molar-refractivity contribution in [1.29, 1.82) is 0 Å². The van der Waals surface area contributed by atoms with E-state index in [9.17, 15) is 0 Å². The first-order valence-corrected chi connectivity index (χ1v) is 22.3. The quantitative estimate of drug-likeness (QED) is 0.146. The lowest BCUT2D eigenvalue weighted by molar-refractivity contribution is 1.18. The average molecular weight is 828 g/mol. The first-order chi connectivity index (χ1) is 32.2. The Morgan fingerprint density at radius 2 is 0.708 bits per heavy atom. The van der Waals surface area contributed by atoms with Gasteiger partial charge in [-0.25, -0.2) is 0 Å². The Bertz CT molecular complexity index is 3920. The molecular formula is C62H41N3. The number of rotatable bonds is 7. The minimum atomic E-state index is 1.08. The Hall–Kier alpha value is -8.66. The lowest BCUT2D eigenvalue weighted by Crippen LogP contribution is -2.10. The van der Waals surface area contributed by atoms with Crippen LogP contribution in [0.4, 0.5) is 17.1 Å². The van der Waals surface area contributed by atoms with Crippen LogP contribution in [0.2, 0.25) is 0 Å². The Morgan fingerprint density at radius 3 is 1.37 bits per heavy atom. The first kappa shape index (κ1) is 36.9. The fraction of sp³-hybridized carbons (Fsp3) is 0. The Kier molecular flexibility index (Phi) is 8.53. The van der Waals surface area contributed by atoms with Crippen LogP contribution in [0.1, 0.15) is 0 Å². The van der Waals surface area contributed by atoms with Crippen molar-refractivity contribution in [2.75, 3.05) is 4.90 Å². The van der Waals surface area contributed by atoms with Gasteiger partial charge in [0.2, 0.25) is 0 Å². The lowest BCUT2D eigenvalue weighted by Gasteiger charge is -2.26. The van der Waals surface area contributed by atoms with Gasteiger partial charge in [-0.2, -0.15) is 0 Å². The van der Waals surface area contributed by atoms with Gasteiger partial charge in [-0.3, -0.25) is 0 Å². The van der Waals surface area contributed by atoms with Gasteiger partial charge in [-0.1, -0.05) is 158 Å². The van der Waals surface area contributed by atoms with E-state index in [1.165, 1.54) is 87.4 Å². The van der Waals surface area contributed by atoms with Gasteiger partial charge < -0.3 is 14.0 Å². The van der Waals surface area contributed by atoms with Gasteiger partial charge in [-0.05, 0) is 135 Å². The van der Waals surface area contributed by atoms with E-state index in [2.05, 4.69) is 263 Å². The number of fused-ring (bicyclic) bond motifs is 9. The second-order valence-electron chi connectivity index (χ2n) is 16.9. The van der Waals surface area contributed by atoms with E-state index in [0.717, 1.165) is 28.4 Å². The molecular weight excluding hydrogens is 787 g/mol. The van der Waals surface area contributed by atoms with Crippen LogP contribution in [0.25, 0.3) is 98.8 Å². The van der Waals surface area contributed by atoms with Crippen molar-refractivity contribution in [3.63, 3.8) is 0 Å². The third-order valence-corrected chi connectivity index (χ3v) is 13.3. The molecule has 0 N–H and O–H groups in total. The van der Waals surface area contributed by atoms with Crippen molar-refractivity contribution < 1.29 is 0 Å². The molecule has 3 nitrogen and oxygen atoms in total. The summed E-state index contributed by atoms with van der Waals surface area (Å²) < 4.78 is 4.77. The summed E-state index contributed by atoms with van der Waals surface area (Å²) in [6.45, 7) is 0. The van der Waals surface area contributed by atoms with E-state index in [-0.39, 0.29) is 0 Å². The number of anilines is 3. The fourth-order valence-corrected chi connectivity index (χ4v) is 10.3. The van der Waals surface area contributed by atoms with Crippen LogP contribution >= 0.6 is 0 Å². The van der Waals surface area contributed by atoms with Crippen molar-refractivity contribution in [2.45, 2.75) is 0 Å². The molecule has 11 aromatic carbocycles. The normalized spacial score (nSPS) is 11.7. The minimum Gasteiger partial charge on any atom is -0.310 e. The van der Waals surface area contributed by atoms with E-state index in [1.54, 1.807) is 0 Å². The highest BCUT2D eigenvalue weighted by atomic mass is 15.1. The van der Waals surface area contributed by atoms with E-state index in [1.807, 2.05) is 0 Å². The zero-order valence-electron chi connectivity index (χ0n) is 35.5. The Morgan fingerprint density at radius 1 is 0.246 bits per heavy atom. The van der Waals surface area contributed by atoms with Crippen LogP contribution in [0.3, 0.4) is 0 Å². The fourth-order valence-electron chi connectivity index (χ4n) is 10.3. The van der Waals surface area contributed by atoms with Crippen LogP contribution in [0, 0.1) is 0 Å². The summed E-state index contributed by atoms with van der Waals surface area (Å²) >= 11 is 0. The SMILES string of the molecule is c1ccc(-n2c3ccccc3c3cc(-c4ccc(N(c5ccc(-c6cc7ccccc7c7ccccc67)cc5)c5ccc6c7ccccc7n(-c7ccccc7)c6c5)cc4)ccc32)cc1. The van der Waals surface area contributed by atoms with Gasteiger partial charge in [0.1, 0.15) is 0 Å². The molecule has 0 aliphatic carbocycles. The van der Waals surface area contributed by atoms with Crippen molar-refractivity contribution >= 4 is 82.2 Å². The van der Waals surface area contributed by atoms with Crippen LogP contribution in [0.15, 0.2) is 249 Å². The van der Waals surface area contributed by atoms with Gasteiger partial charge in [0, 0.05) is 50.0 Å². The average Bonchev–Trinajstić information content (AvgIpc) is 3.89. The van der Waals surface area contributed by atoms with E-state index < -0.39 is 0 Å². The number of hydrogen-bond acceptors (Lipinski definition) is 1. The molecule has 13 aromatic rings. The highest BCUT2D eigenvalue weighted by molar-refractivity contribution is 6.14. The van der Waals surface area contributed by atoms with E-state index in [4.69, 9.17) is 0 Å². The summed E-state index contributed by atoms with van der Waals surface area (Å²) in [5.74, 6) is 0. The highest BCUT2D eigenvalue weighted by Gasteiger charge is 2.19. The maximum atomic E-state index is 2.40. The molecule has 0 saturated heterocycles. The van der Waals surface area contributed by atoms with E-state index >= 15 is 0 Å². The molecule has 0 unspecified atom stereocenters. The van der Waals surface area contributed by atoms with Crippen LogP contribution < -0.4 is 4.90 Å². The lowest BCUT2D eigenvalue weighted by atomic mass is 9.93. The predicted molar refractivity (Wildman–Crippen MR) is 276 cm³/mol. The molecule has 2 aromatic heterocycles. The summed E-state index contributed by atoms with van der Waals surface area (Å²) in [5, 5.41) is 10.0. The van der Waals surface area contributed by atoms with Crippen molar-refractivity contribution in [1.82, 2.24) is 9.13 Å². The molecule has 13 rings (SSSR count). The third-order valence-electron chi connectivity index (χ3n) is 13.3. The number of nitrogens with zero attached hydrogens (tertiary/aromatic N) is 3. The molecule has 0 atom stereocenters. The summed E-state index contributed by atoms with van der Waals surface area (Å²) in [5.41, 5.74) is 15.1. The highest BCUT2D eigenvalue weighted by Crippen LogP contribution is 2.43. The van der Waals surface area contributed by atoms with Crippen LogP contribution in [-0.2, 0) is 0 Å². The van der Waals surface area contributed by atoms with Gasteiger partial charge in [0.05, 0.1) is 22.1 Å². The number of aromatic nitrogens is 2. The molecule has 0 radical (unpaired) electrons. The molecule has 0 amide bonds. The summed E-state index contributed by atoms with van der Waals surface area (Å²) in [6.07, 6.45) is 0. The zero-order chi connectivity index (χ0) is 42.8. The second-order valence-corrected chi connectivity index (χ2v) is 16.9. The maximum Gasteiger partial charge on any atom is 0.0561 e. The van der Waals surface area contributed by atoms with Crippen LogP contribution in [-0.4, -0.2) is 9.13 Å². The Balaban J connectivity index is 0.956. The molecule has 0 saturated carbocycles. The summed E-state index contributed by atoms with van der Waals surface area (Å²) in [4.78, 5) is 2.40. The topological polar surface area (TPSA) is 13.1 Å². The van der Waals surface area contributed by atoms with Crippen molar-refractivity contribution in [3.8, 4) is 33.6 Å². The minimum absolute atomic E-state index is 1.08.